The summed E-state index contributed by atoms with van der Waals surface area (Å²) in [5, 5.41) is 19.8. The predicted octanol–water partition coefficient (Wildman–Crippen LogP) is 1.33. The first-order valence-electron chi connectivity index (χ1n) is 5.50. The van der Waals surface area contributed by atoms with Crippen molar-refractivity contribution in [2.45, 2.75) is 19.1 Å². The molecule has 0 amide bonds. The highest BCUT2D eigenvalue weighted by Gasteiger charge is 2.29. The third kappa shape index (κ3) is 2.95. The summed E-state index contributed by atoms with van der Waals surface area (Å²) in [6, 6.07) is 0. The zero-order valence-corrected chi connectivity index (χ0v) is 10.3. The molecule has 2 aromatic heterocycles. The first kappa shape index (κ1) is 14.0. The van der Waals surface area contributed by atoms with Crippen LogP contribution in [0.4, 0.5) is 13.2 Å². The van der Waals surface area contributed by atoms with Crippen molar-refractivity contribution in [1.82, 2.24) is 24.8 Å². The van der Waals surface area contributed by atoms with E-state index in [2.05, 4.69) is 15.4 Å². The van der Waals surface area contributed by atoms with Crippen molar-refractivity contribution in [3.8, 4) is 11.3 Å². The Kier molecular flexibility index (Phi) is 3.47. The number of rotatable bonds is 4. The van der Waals surface area contributed by atoms with Crippen LogP contribution in [-0.4, -0.2) is 42.0 Å². The van der Waals surface area contributed by atoms with Gasteiger partial charge >= 0.3 is 12.1 Å². The summed E-state index contributed by atoms with van der Waals surface area (Å²) in [6.45, 7) is -0.506. The van der Waals surface area contributed by atoms with Gasteiger partial charge in [-0.2, -0.15) is 18.3 Å². The maximum Gasteiger partial charge on any atom is 0.390 e. The maximum atomic E-state index is 12.3. The topological polar surface area (TPSA) is 85.8 Å². The van der Waals surface area contributed by atoms with E-state index in [9.17, 15) is 18.0 Å². The molecule has 0 aliphatic rings. The molecule has 0 fully saturated rings. The quantitative estimate of drug-likeness (QED) is 0.917. The van der Waals surface area contributed by atoms with Gasteiger partial charge in [0.05, 0.1) is 19.2 Å². The van der Waals surface area contributed by atoms with E-state index in [-0.39, 0.29) is 5.69 Å². The van der Waals surface area contributed by atoms with Crippen LogP contribution in [0.25, 0.3) is 11.3 Å². The van der Waals surface area contributed by atoms with Crippen LogP contribution in [-0.2, 0) is 13.6 Å². The van der Waals surface area contributed by atoms with Crippen LogP contribution in [0, 0.1) is 0 Å². The fourth-order valence-electron chi connectivity index (χ4n) is 1.68. The Morgan fingerprint density at radius 2 is 2.15 bits per heavy atom. The number of halogens is 3. The summed E-state index contributed by atoms with van der Waals surface area (Å²) in [4.78, 5) is 11.1. The number of alkyl halides is 3. The Morgan fingerprint density at radius 1 is 1.45 bits per heavy atom. The van der Waals surface area contributed by atoms with Gasteiger partial charge in [0, 0.05) is 18.8 Å². The van der Waals surface area contributed by atoms with Gasteiger partial charge < -0.3 is 5.11 Å². The van der Waals surface area contributed by atoms with Crippen molar-refractivity contribution in [2.75, 3.05) is 0 Å². The molecule has 0 bridgehead atoms. The average molecular weight is 289 g/mol. The zero-order valence-electron chi connectivity index (χ0n) is 10.3. The molecule has 2 rings (SSSR count). The van der Waals surface area contributed by atoms with E-state index in [0.29, 0.717) is 5.56 Å². The second kappa shape index (κ2) is 4.94. The number of hydrogen-bond acceptors (Lipinski definition) is 4. The Balaban J connectivity index is 2.40. The van der Waals surface area contributed by atoms with Gasteiger partial charge in [0.15, 0.2) is 5.69 Å². The van der Waals surface area contributed by atoms with Gasteiger partial charge in [0.1, 0.15) is 5.69 Å². The van der Waals surface area contributed by atoms with Crippen LogP contribution in [0.15, 0.2) is 12.4 Å². The lowest BCUT2D eigenvalue weighted by atomic mass is 10.2. The van der Waals surface area contributed by atoms with Gasteiger partial charge in [-0.15, -0.1) is 5.10 Å². The number of aromatic nitrogens is 5. The summed E-state index contributed by atoms with van der Waals surface area (Å²) in [7, 11) is 1.60. The van der Waals surface area contributed by atoms with Crippen molar-refractivity contribution >= 4 is 5.97 Å². The third-order valence-corrected chi connectivity index (χ3v) is 2.52. The molecule has 0 aliphatic heterocycles. The highest BCUT2D eigenvalue weighted by molar-refractivity contribution is 5.92. The highest BCUT2D eigenvalue weighted by atomic mass is 19.4. The smallest absolute Gasteiger partial charge is 0.390 e. The number of carbonyl (C=O) groups is 1. The van der Waals surface area contributed by atoms with Crippen LogP contribution in [0.5, 0.6) is 0 Å². The lowest BCUT2D eigenvalue weighted by Crippen LogP contribution is -2.14. The van der Waals surface area contributed by atoms with Gasteiger partial charge in [-0.25, -0.2) is 9.48 Å². The molecule has 2 aromatic rings. The molecule has 0 saturated heterocycles. The zero-order chi connectivity index (χ0) is 14.9. The van der Waals surface area contributed by atoms with Crippen molar-refractivity contribution in [2.24, 2.45) is 7.05 Å². The van der Waals surface area contributed by atoms with Crippen LogP contribution >= 0.6 is 0 Å². The molecule has 0 spiro atoms. The van der Waals surface area contributed by atoms with Gasteiger partial charge in [-0.05, 0) is 0 Å². The minimum atomic E-state index is -4.36. The van der Waals surface area contributed by atoms with E-state index in [4.69, 9.17) is 5.11 Å². The molecular weight excluding hydrogens is 279 g/mol. The van der Waals surface area contributed by atoms with E-state index < -0.39 is 30.8 Å². The molecule has 0 aliphatic carbocycles. The number of carboxylic acid groups (broad SMARTS) is 1. The summed E-state index contributed by atoms with van der Waals surface area (Å²) >= 11 is 0. The molecule has 0 aromatic carbocycles. The number of nitrogens with zero attached hydrogens (tertiary/aromatic N) is 5. The number of carboxylic acids is 1. The van der Waals surface area contributed by atoms with Crippen LogP contribution in [0.1, 0.15) is 16.9 Å². The van der Waals surface area contributed by atoms with Crippen molar-refractivity contribution in [1.29, 1.82) is 0 Å². The van der Waals surface area contributed by atoms with E-state index in [1.54, 1.807) is 7.05 Å². The molecule has 108 valence electrons. The van der Waals surface area contributed by atoms with Gasteiger partial charge in [-0.3, -0.25) is 4.68 Å². The van der Waals surface area contributed by atoms with Crippen LogP contribution < -0.4 is 0 Å². The first-order chi connectivity index (χ1) is 9.28. The fourth-order valence-corrected chi connectivity index (χ4v) is 1.68. The summed E-state index contributed by atoms with van der Waals surface area (Å²) in [6.07, 6.45) is -2.66. The van der Waals surface area contributed by atoms with E-state index in [0.717, 1.165) is 4.68 Å². The molecule has 7 nitrogen and oxygen atoms in total. The number of hydrogen-bond donors (Lipinski definition) is 1. The largest absolute Gasteiger partial charge is 0.476 e. The van der Waals surface area contributed by atoms with Crippen LogP contribution in [0.2, 0.25) is 0 Å². The van der Waals surface area contributed by atoms with Gasteiger partial charge in [-0.1, -0.05) is 5.21 Å². The SMILES string of the molecule is Cn1cc(-c2c(C(=O)O)nnn2CCC(F)(F)F)cn1. The van der Waals surface area contributed by atoms with E-state index in [1.165, 1.54) is 17.1 Å². The molecule has 0 atom stereocenters. The highest BCUT2D eigenvalue weighted by Crippen LogP contribution is 2.25. The average Bonchev–Trinajstić information content (AvgIpc) is 2.90. The Hall–Kier alpha value is -2.39. The van der Waals surface area contributed by atoms with Gasteiger partial charge in [0.2, 0.25) is 0 Å². The Labute approximate surface area is 110 Å². The minimum absolute atomic E-state index is 0.00912. The van der Waals surface area contributed by atoms with Crippen LogP contribution in [0.3, 0.4) is 0 Å². The van der Waals surface area contributed by atoms with Crippen molar-refractivity contribution in [3.05, 3.63) is 18.1 Å². The summed E-state index contributed by atoms with van der Waals surface area (Å²) in [5.41, 5.74) is -0.0490. The predicted molar refractivity (Wildman–Crippen MR) is 59.9 cm³/mol. The summed E-state index contributed by atoms with van der Waals surface area (Å²) < 4.78 is 39.1. The third-order valence-electron chi connectivity index (χ3n) is 2.52. The monoisotopic (exact) mass is 289 g/mol. The Bertz CT molecular complexity index is 631. The molecule has 10 heteroatoms. The second-order valence-corrected chi connectivity index (χ2v) is 4.08. The minimum Gasteiger partial charge on any atom is -0.476 e. The van der Waals surface area contributed by atoms with Crippen molar-refractivity contribution in [3.63, 3.8) is 0 Å². The Morgan fingerprint density at radius 3 is 2.65 bits per heavy atom. The van der Waals surface area contributed by atoms with E-state index >= 15 is 0 Å². The molecule has 1 N–H and O–H groups in total. The lowest BCUT2D eigenvalue weighted by molar-refractivity contribution is -0.137. The molecule has 0 radical (unpaired) electrons. The normalized spacial score (nSPS) is 11.8. The van der Waals surface area contributed by atoms with Crippen molar-refractivity contribution < 1.29 is 23.1 Å². The van der Waals surface area contributed by atoms with Gasteiger partial charge in [0.25, 0.3) is 0 Å². The maximum absolute atomic E-state index is 12.3. The second-order valence-electron chi connectivity index (χ2n) is 4.08. The molecular formula is C10H10F3N5O2. The van der Waals surface area contributed by atoms with E-state index in [1.807, 2.05) is 0 Å². The molecule has 20 heavy (non-hydrogen) atoms. The molecule has 0 unspecified atom stereocenters. The fraction of sp³-hybridized carbons (Fsp3) is 0.400. The first-order valence-corrected chi connectivity index (χ1v) is 5.50. The lowest BCUT2D eigenvalue weighted by Gasteiger charge is -2.08. The molecule has 2 heterocycles. The standard InChI is InChI=1S/C10H10F3N5O2/c1-17-5-6(4-14-17)8-7(9(19)20)15-16-18(8)3-2-10(11,12)13/h4-5H,2-3H2,1H3,(H,19,20). The summed E-state index contributed by atoms with van der Waals surface area (Å²) in [5.74, 6) is -1.36. The number of aryl methyl sites for hydroxylation is 2. The number of aromatic carboxylic acids is 1. The molecule has 0 saturated carbocycles.